The first-order valence-electron chi connectivity index (χ1n) is 9.96. The molecule has 0 aliphatic heterocycles. The van der Waals surface area contributed by atoms with E-state index in [1.807, 2.05) is 54.7 Å². The van der Waals surface area contributed by atoms with Crippen molar-refractivity contribution in [1.29, 1.82) is 5.26 Å². The smallest absolute Gasteiger partial charge is 0.261 e. The van der Waals surface area contributed by atoms with Crippen molar-refractivity contribution in [3.63, 3.8) is 0 Å². The zero-order valence-electron chi connectivity index (χ0n) is 16.9. The predicted octanol–water partition coefficient (Wildman–Crippen LogP) is 4.28. The number of para-hydroxylation sites is 1. The number of nitriles is 1. The van der Waals surface area contributed by atoms with Crippen LogP contribution in [0.4, 0.5) is 5.69 Å². The molecule has 1 aromatic heterocycles. The molecule has 0 bridgehead atoms. The predicted molar refractivity (Wildman–Crippen MR) is 119 cm³/mol. The molecule has 1 amide bonds. The molecule has 5 nitrogen and oxygen atoms in total. The highest BCUT2D eigenvalue weighted by atomic mass is 16.1. The number of nitrogens with zero attached hydrogens (tertiary/aromatic N) is 2. The van der Waals surface area contributed by atoms with Gasteiger partial charge in [0.05, 0.1) is 0 Å². The highest BCUT2D eigenvalue weighted by Gasteiger charge is 2.10. The van der Waals surface area contributed by atoms with Crippen LogP contribution in [0.5, 0.6) is 0 Å². The average Bonchev–Trinajstić information content (AvgIpc) is 3.17. The third-order valence-electron chi connectivity index (χ3n) is 5.05. The van der Waals surface area contributed by atoms with E-state index in [0.29, 0.717) is 13.0 Å². The number of benzene rings is 2. The first-order chi connectivity index (χ1) is 14.2. The van der Waals surface area contributed by atoms with Gasteiger partial charge in [-0.15, -0.1) is 0 Å². The first kappa shape index (κ1) is 20.2. The van der Waals surface area contributed by atoms with Gasteiger partial charge in [0.25, 0.3) is 5.91 Å². The number of hydrogen-bond acceptors (Lipinski definition) is 3. The van der Waals surface area contributed by atoms with Crippen LogP contribution in [0, 0.1) is 11.3 Å². The lowest BCUT2D eigenvalue weighted by Crippen LogP contribution is -2.26. The van der Waals surface area contributed by atoms with Crippen LogP contribution in [0.3, 0.4) is 0 Å². The highest BCUT2D eigenvalue weighted by molar-refractivity contribution is 6.01. The highest BCUT2D eigenvalue weighted by Crippen LogP contribution is 2.18. The molecular formula is C24H26N4O. The van der Waals surface area contributed by atoms with Crippen molar-refractivity contribution < 1.29 is 4.79 Å². The van der Waals surface area contributed by atoms with E-state index in [1.165, 1.54) is 0 Å². The molecule has 0 spiro atoms. The summed E-state index contributed by atoms with van der Waals surface area (Å²) >= 11 is 0. The number of anilines is 1. The largest absolute Gasteiger partial charge is 0.372 e. The number of carbonyl (C=O) groups is 1. The van der Waals surface area contributed by atoms with Gasteiger partial charge in [0, 0.05) is 42.4 Å². The lowest BCUT2D eigenvalue weighted by atomic mass is 10.1. The summed E-state index contributed by atoms with van der Waals surface area (Å²) in [5.41, 5.74) is 4.31. The van der Waals surface area contributed by atoms with Crippen LogP contribution in [-0.4, -0.2) is 30.5 Å². The van der Waals surface area contributed by atoms with E-state index in [4.69, 9.17) is 0 Å². The molecule has 5 heteroatoms. The summed E-state index contributed by atoms with van der Waals surface area (Å²) in [6.07, 6.45) is 4.30. The van der Waals surface area contributed by atoms with Crippen LogP contribution >= 0.6 is 0 Å². The van der Waals surface area contributed by atoms with Gasteiger partial charge in [0.2, 0.25) is 0 Å². The Morgan fingerprint density at radius 2 is 1.86 bits per heavy atom. The van der Waals surface area contributed by atoms with Gasteiger partial charge in [-0.2, -0.15) is 5.26 Å². The van der Waals surface area contributed by atoms with E-state index in [9.17, 15) is 10.1 Å². The molecule has 0 radical (unpaired) electrons. The van der Waals surface area contributed by atoms with Gasteiger partial charge in [-0.25, -0.2) is 0 Å². The number of H-pyrrole nitrogens is 1. The van der Waals surface area contributed by atoms with E-state index in [0.717, 1.165) is 40.8 Å². The van der Waals surface area contributed by atoms with Crippen LogP contribution in [0.1, 0.15) is 25.0 Å². The number of aromatic amines is 1. The maximum atomic E-state index is 12.4. The third-order valence-corrected chi connectivity index (χ3v) is 5.05. The van der Waals surface area contributed by atoms with Crippen molar-refractivity contribution in [2.24, 2.45) is 0 Å². The third kappa shape index (κ3) is 4.85. The molecule has 29 heavy (non-hydrogen) atoms. The van der Waals surface area contributed by atoms with Crippen LogP contribution in [0.2, 0.25) is 0 Å². The molecule has 0 aliphatic rings. The van der Waals surface area contributed by atoms with E-state index in [2.05, 4.69) is 35.1 Å². The van der Waals surface area contributed by atoms with Gasteiger partial charge in [0.15, 0.2) is 0 Å². The Hall–Kier alpha value is -3.52. The second-order valence-corrected chi connectivity index (χ2v) is 6.80. The molecule has 0 fully saturated rings. The van der Waals surface area contributed by atoms with Crippen LogP contribution in [0.15, 0.2) is 60.3 Å². The molecule has 0 saturated carbocycles. The minimum Gasteiger partial charge on any atom is -0.372 e. The fraction of sp³-hybridized carbons (Fsp3) is 0.250. The van der Waals surface area contributed by atoms with E-state index in [-0.39, 0.29) is 11.5 Å². The minimum absolute atomic E-state index is 0.111. The monoisotopic (exact) mass is 386 g/mol. The quantitative estimate of drug-likeness (QED) is 0.448. The Morgan fingerprint density at radius 1 is 1.14 bits per heavy atom. The Morgan fingerprint density at radius 3 is 2.55 bits per heavy atom. The van der Waals surface area contributed by atoms with Gasteiger partial charge in [-0.05, 0) is 55.7 Å². The summed E-state index contributed by atoms with van der Waals surface area (Å²) in [7, 11) is 0. The number of hydrogen-bond donors (Lipinski definition) is 2. The number of aromatic nitrogens is 1. The Bertz CT molecular complexity index is 1040. The summed E-state index contributed by atoms with van der Waals surface area (Å²) in [5.74, 6) is -0.347. The summed E-state index contributed by atoms with van der Waals surface area (Å²) in [5, 5.41) is 13.4. The molecule has 0 atom stereocenters. The summed E-state index contributed by atoms with van der Waals surface area (Å²) in [4.78, 5) is 17.9. The first-order valence-corrected chi connectivity index (χ1v) is 9.96. The number of rotatable bonds is 8. The minimum atomic E-state index is -0.347. The average molecular weight is 386 g/mol. The van der Waals surface area contributed by atoms with Crippen molar-refractivity contribution in [2.75, 3.05) is 24.5 Å². The second-order valence-electron chi connectivity index (χ2n) is 6.80. The summed E-state index contributed by atoms with van der Waals surface area (Å²) < 4.78 is 0. The molecule has 0 saturated heterocycles. The van der Waals surface area contributed by atoms with Crippen LogP contribution in [-0.2, 0) is 11.2 Å². The molecule has 0 aliphatic carbocycles. The van der Waals surface area contributed by atoms with Crippen molar-refractivity contribution in [3.8, 4) is 6.07 Å². The Labute approximate surface area is 171 Å². The fourth-order valence-electron chi connectivity index (χ4n) is 3.43. The maximum Gasteiger partial charge on any atom is 0.261 e. The van der Waals surface area contributed by atoms with Gasteiger partial charge in [0.1, 0.15) is 11.6 Å². The lowest BCUT2D eigenvalue weighted by Gasteiger charge is -2.20. The fourth-order valence-corrected chi connectivity index (χ4v) is 3.43. The van der Waals surface area contributed by atoms with E-state index < -0.39 is 0 Å². The van der Waals surface area contributed by atoms with Crippen molar-refractivity contribution >= 4 is 28.6 Å². The molecule has 2 aromatic carbocycles. The lowest BCUT2D eigenvalue weighted by molar-refractivity contribution is -0.117. The van der Waals surface area contributed by atoms with Gasteiger partial charge < -0.3 is 15.2 Å². The molecule has 0 unspecified atom stereocenters. The van der Waals surface area contributed by atoms with Crippen molar-refractivity contribution in [2.45, 2.75) is 20.3 Å². The summed E-state index contributed by atoms with van der Waals surface area (Å²) in [6, 6.07) is 18.0. The SMILES string of the molecule is CCN(CC)c1ccc(/C=C(\C#N)C(=O)NCCc2c[nH]c3ccccc23)cc1. The molecule has 3 rings (SSSR count). The zero-order valence-corrected chi connectivity index (χ0v) is 16.9. The topological polar surface area (TPSA) is 71.9 Å². The van der Waals surface area contributed by atoms with Gasteiger partial charge >= 0.3 is 0 Å². The van der Waals surface area contributed by atoms with Gasteiger partial charge in [-0.3, -0.25) is 4.79 Å². The Kier molecular flexibility index (Phi) is 6.70. The molecule has 148 valence electrons. The molecular weight excluding hydrogens is 360 g/mol. The number of carbonyl (C=O) groups excluding carboxylic acids is 1. The number of amides is 1. The van der Waals surface area contributed by atoms with Crippen LogP contribution < -0.4 is 10.2 Å². The zero-order chi connectivity index (χ0) is 20.6. The second kappa shape index (κ2) is 9.61. The molecule has 1 heterocycles. The normalized spacial score (nSPS) is 11.3. The number of nitrogens with one attached hydrogen (secondary N) is 2. The van der Waals surface area contributed by atoms with Crippen molar-refractivity contribution in [3.05, 3.63) is 71.4 Å². The van der Waals surface area contributed by atoms with E-state index in [1.54, 1.807) is 6.08 Å². The van der Waals surface area contributed by atoms with Crippen LogP contribution in [0.25, 0.3) is 17.0 Å². The van der Waals surface area contributed by atoms with E-state index >= 15 is 0 Å². The maximum absolute atomic E-state index is 12.4. The molecule has 2 N–H and O–H groups in total. The number of fused-ring (bicyclic) bond motifs is 1. The summed E-state index contributed by atoms with van der Waals surface area (Å²) in [6.45, 7) is 6.58. The Balaban J connectivity index is 1.62. The van der Waals surface area contributed by atoms with Crippen molar-refractivity contribution in [1.82, 2.24) is 10.3 Å². The van der Waals surface area contributed by atoms with Gasteiger partial charge in [-0.1, -0.05) is 30.3 Å². The standard InChI is InChI=1S/C24H26N4O/c1-3-28(4-2)21-11-9-18(10-12-21)15-20(16-25)24(29)26-14-13-19-17-27-23-8-6-5-7-22(19)23/h5-12,15,17,27H,3-4,13-14H2,1-2H3,(H,26,29)/b20-15+. The molecule has 3 aromatic rings.